The zero-order valence-electron chi connectivity index (χ0n) is 18.8. The number of carbonyl (C=O) groups excluding carboxylic acids is 1. The van der Waals surface area contributed by atoms with Crippen molar-refractivity contribution in [3.05, 3.63) is 58.8 Å². The van der Waals surface area contributed by atoms with Crippen LogP contribution in [0.15, 0.2) is 42.2 Å². The number of Topliss-reactive ketones (excluding diaryl/α,β-unsaturated/α-hetero) is 1. The normalized spacial score (nSPS) is 14.7. The van der Waals surface area contributed by atoms with Gasteiger partial charge in [0.05, 0.1) is 11.1 Å². The third-order valence-corrected chi connectivity index (χ3v) is 4.97. The van der Waals surface area contributed by atoms with Gasteiger partial charge in [0, 0.05) is 25.2 Å². The van der Waals surface area contributed by atoms with Crippen molar-refractivity contribution in [3.8, 4) is 17.2 Å². The van der Waals surface area contributed by atoms with Crippen LogP contribution in [0.3, 0.4) is 0 Å². The number of phenolic OH excluding ortho intramolecular Hbond substituents is 1. The quantitative estimate of drug-likeness (QED) is 0.500. The molecule has 2 aromatic rings. The number of aromatic hydroxyl groups is 1. The number of ketones is 1. The van der Waals surface area contributed by atoms with Crippen molar-refractivity contribution in [1.29, 1.82) is 0 Å². The van der Waals surface area contributed by atoms with Crippen molar-refractivity contribution < 1.29 is 28.2 Å². The van der Waals surface area contributed by atoms with Gasteiger partial charge in [-0.15, -0.1) is 0 Å². The molecule has 1 aliphatic rings. The molecule has 1 heterocycles. The number of nitrogens with zero attached hydrogens (tertiary/aromatic N) is 1. The molecule has 2 aromatic carbocycles. The minimum Gasteiger partial charge on any atom is -0.507 e. The number of ether oxygens (including phenoxy) is 2. The molecule has 1 aliphatic heterocycles. The number of allylic oxidation sites excluding steroid dienone is 1. The first-order chi connectivity index (χ1) is 15.2. The van der Waals surface area contributed by atoms with Crippen LogP contribution in [0.2, 0.25) is 0 Å². The van der Waals surface area contributed by atoms with Crippen molar-refractivity contribution >= 4 is 11.9 Å². The molecule has 7 heteroatoms. The molecule has 0 spiro atoms. The first-order valence-corrected chi connectivity index (χ1v) is 10.7. The Morgan fingerprint density at radius 1 is 1.06 bits per heavy atom. The monoisotopic (exact) mass is 445 g/mol. The summed E-state index contributed by atoms with van der Waals surface area (Å²) >= 11 is 0. The SMILES string of the molecule is CC(C)CN(Cc1c(O)ccc2c1O/C(=C/c1ccccc1OC(F)F)C2=O)CC(C)C. The highest BCUT2D eigenvalue weighted by Crippen LogP contribution is 2.40. The first kappa shape index (κ1) is 23.7. The predicted molar refractivity (Wildman–Crippen MR) is 119 cm³/mol. The summed E-state index contributed by atoms with van der Waals surface area (Å²) in [5.74, 6) is 0.797. The number of alkyl halides is 2. The summed E-state index contributed by atoms with van der Waals surface area (Å²) in [5.41, 5.74) is 1.18. The number of carbonyl (C=O) groups is 1. The molecule has 0 radical (unpaired) electrons. The number of hydrogen-bond acceptors (Lipinski definition) is 5. The fourth-order valence-electron chi connectivity index (χ4n) is 3.85. The molecule has 0 atom stereocenters. The Labute approximate surface area is 187 Å². The average Bonchev–Trinajstić information content (AvgIpc) is 3.00. The van der Waals surface area contributed by atoms with Gasteiger partial charge in [0.25, 0.3) is 0 Å². The third-order valence-electron chi connectivity index (χ3n) is 4.97. The van der Waals surface area contributed by atoms with E-state index in [4.69, 9.17) is 4.74 Å². The van der Waals surface area contributed by atoms with Crippen molar-refractivity contribution in [2.75, 3.05) is 13.1 Å². The van der Waals surface area contributed by atoms with E-state index in [-0.39, 0.29) is 23.0 Å². The highest BCUT2D eigenvalue weighted by Gasteiger charge is 2.32. The zero-order valence-corrected chi connectivity index (χ0v) is 18.8. The van der Waals surface area contributed by atoms with Crippen LogP contribution in [-0.4, -0.2) is 35.5 Å². The summed E-state index contributed by atoms with van der Waals surface area (Å²) in [7, 11) is 0. The molecule has 0 fully saturated rings. The summed E-state index contributed by atoms with van der Waals surface area (Å²) in [5, 5.41) is 10.6. The largest absolute Gasteiger partial charge is 0.507 e. The number of rotatable bonds is 9. The van der Waals surface area contributed by atoms with E-state index in [1.807, 2.05) is 0 Å². The van der Waals surface area contributed by atoms with Gasteiger partial charge in [-0.05, 0) is 36.1 Å². The fraction of sp³-hybridized carbons (Fsp3) is 0.400. The third kappa shape index (κ3) is 5.65. The predicted octanol–water partition coefficient (Wildman–Crippen LogP) is 5.72. The van der Waals surface area contributed by atoms with E-state index >= 15 is 0 Å². The zero-order chi connectivity index (χ0) is 23.4. The Hall–Kier alpha value is -2.93. The van der Waals surface area contributed by atoms with Gasteiger partial charge in [0.1, 0.15) is 17.2 Å². The van der Waals surface area contributed by atoms with Crippen molar-refractivity contribution in [2.24, 2.45) is 11.8 Å². The lowest BCUT2D eigenvalue weighted by molar-refractivity contribution is -0.0499. The molecule has 0 bridgehead atoms. The van der Waals surface area contributed by atoms with E-state index in [0.717, 1.165) is 13.1 Å². The number of phenols is 1. The van der Waals surface area contributed by atoms with Gasteiger partial charge in [-0.3, -0.25) is 9.69 Å². The molecule has 0 aromatic heterocycles. The summed E-state index contributed by atoms with van der Waals surface area (Å²) in [6, 6.07) is 9.21. The van der Waals surface area contributed by atoms with Crippen molar-refractivity contribution in [3.63, 3.8) is 0 Å². The van der Waals surface area contributed by atoms with Gasteiger partial charge in [0.15, 0.2) is 5.76 Å². The van der Waals surface area contributed by atoms with Gasteiger partial charge < -0.3 is 14.6 Å². The molecule has 0 saturated heterocycles. The molecule has 1 N–H and O–H groups in total. The van der Waals surface area contributed by atoms with Crippen LogP contribution in [0.4, 0.5) is 8.78 Å². The lowest BCUT2D eigenvalue weighted by atomic mass is 10.0. The van der Waals surface area contributed by atoms with E-state index < -0.39 is 6.61 Å². The van der Waals surface area contributed by atoms with E-state index in [2.05, 4.69) is 37.3 Å². The Bertz CT molecular complexity index is 991. The van der Waals surface area contributed by atoms with Crippen LogP contribution < -0.4 is 9.47 Å². The molecule has 172 valence electrons. The fourth-order valence-corrected chi connectivity index (χ4v) is 3.85. The summed E-state index contributed by atoms with van der Waals surface area (Å²) < 4.78 is 35.9. The van der Waals surface area contributed by atoms with Crippen LogP contribution in [0, 0.1) is 11.8 Å². The Kier molecular flexibility index (Phi) is 7.51. The second-order valence-corrected chi connectivity index (χ2v) is 8.78. The maximum atomic E-state index is 13.0. The minimum absolute atomic E-state index is 0.00330. The molecule has 0 amide bonds. The number of hydrogen-bond donors (Lipinski definition) is 1. The first-order valence-electron chi connectivity index (χ1n) is 10.7. The molecule has 0 aliphatic carbocycles. The Morgan fingerprint density at radius 3 is 2.34 bits per heavy atom. The van der Waals surface area contributed by atoms with Crippen LogP contribution in [0.25, 0.3) is 6.08 Å². The van der Waals surface area contributed by atoms with Gasteiger partial charge >= 0.3 is 6.61 Å². The smallest absolute Gasteiger partial charge is 0.387 e. The van der Waals surface area contributed by atoms with Crippen molar-refractivity contribution in [1.82, 2.24) is 4.90 Å². The Balaban J connectivity index is 1.94. The lowest BCUT2D eigenvalue weighted by Crippen LogP contribution is -2.31. The summed E-state index contributed by atoms with van der Waals surface area (Å²) in [6.45, 7) is 7.61. The van der Waals surface area contributed by atoms with E-state index in [0.29, 0.717) is 40.8 Å². The van der Waals surface area contributed by atoms with Gasteiger partial charge in [-0.25, -0.2) is 0 Å². The topological polar surface area (TPSA) is 59.0 Å². The van der Waals surface area contributed by atoms with E-state index in [9.17, 15) is 18.7 Å². The van der Waals surface area contributed by atoms with Gasteiger partial charge in [-0.2, -0.15) is 8.78 Å². The average molecular weight is 446 g/mol. The highest BCUT2D eigenvalue weighted by atomic mass is 19.3. The van der Waals surface area contributed by atoms with Crippen molar-refractivity contribution in [2.45, 2.75) is 40.9 Å². The molecular weight excluding hydrogens is 416 g/mol. The molecular formula is C25H29F2NO4. The van der Waals surface area contributed by atoms with E-state index in [1.54, 1.807) is 18.2 Å². The second kappa shape index (κ2) is 10.1. The van der Waals surface area contributed by atoms with Crippen LogP contribution in [0.5, 0.6) is 17.2 Å². The maximum Gasteiger partial charge on any atom is 0.387 e. The Morgan fingerprint density at radius 2 is 1.72 bits per heavy atom. The minimum atomic E-state index is -2.98. The second-order valence-electron chi connectivity index (χ2n) is 8.78. The number of fused-ring (bicyclic) bond motifs is 1. The maximum absolute atomic E-state index is 13.0. The van der Waals surface area contributed by atoms with Crippen LogP contribution in [-0.2, 0) is 6.54 Å². The number of halogens is 2. The lowest BCUT2D eigenvalue weighted by Gasteiger charge is -2.27. The number of benzene rings is 2. The molecule has 5 nitrogen and oxygen atoms in total. The summed E-state index contributed by atoms with van der Waals surface area (Å²) in [6.07, 6.45) is 1.39. The van der Waals surface area contributed by atoms with Crippen LogP contribution >= 0.6 is 0 Å². The molecule has 0 unspecified atom stereocenters. The van der Waals surface area contributed by atoms with E-state index in [1.165, 1.54) is 24.3 Å². The molecule has 0 saturated carbocycles. The molecule has 3 rings (SSSR count). The standard InChI is InChI=1S/C25H29F2NO4/c1-15(2)12-28(13-16(3)4)14-19-20(29)10-9-18-23(30)22(31-24(18)19)11-17-7-5-6-8-21(17)32-25(26)27/h5-11,15-16,25,29H,12-14H2,1-4H3/b22-11+. The van der Waals surface area contributed by atoms with Crippen LogP contribution in [0.1, 0.15) is 49.2 Å². The number of para-hydroxylation sites is 1. The van der Waals surface area contributed by atoms with Gasteiger partial charge in [-0.1, -0.05) is 45.9 Å². The highest BCUT2D eigenvalue weighted by molar-refractivity contribution is 6.15. The van der Waals surface area contributed by atoms with Gasteiger partial charge in [0.2, 0.25) is 5.78 Å². The summed E-state index contributed by atoms with van der Waals surface area (Å²) in [4.78, 5) is 15.2. The molecule has 32 heavy (non-hydrogen) atoms.